The molecule has 2 aliphatic rings. The number of hydrogen-bond acceptors (Lipinski definition) is 5. The molecule has 2 aromatic rings. The monoisotopic (exact) mass is 405 g/mol. The number of thioether (sulfide) groups is 1. The number of fused-ring (bicyclic) bond motifs is 3. The molecule has 7 heteroatoms. The minimum Gasteiger partial charge on any atom is -0.342 e. The van der Waals surface area contributed by atoms with Crippen molar-refractivity contribution in [3.63, 3.8) is 0 Å². The van der Waals surface area contributed by atoms with E-state index in [1.54, 1.807) is 15.9 Å². The summed E-state index contributed by atoms with van der Waals surface area (Å²) in [6.45, 7) is 8.47. The van der Waals surface area contributed by atoms with Crippen molar-refractivity contribution in [1.29, 1.82) is 0 Å². The standard InChI is InChI=1S/C20H27N3O2S2/c1-4-23-19(25)16-14-8-7-12(2)11-15(14)27-17(16)21-20(23)26-13(3)18(24)22-9-5-6-10-22/h12-13H,4-11H2,1-3H3/t12-,13-/m0/s1. The summed E-state index contributed by atoms with van der Waals surface area (Å²) < 4.78 is 1.76. The van der Waals surface area contributed by atoms with E-state index in [2.05, 4.69) is 6.92 Å². The Labute approximate surface area is 168 Å². The number of nitrogens with zero attached hydrogens (tertiary/aromatic N) is 3. The second-order valence-corrected chi connectivity index (χ2v) is 10.2. The number of carbonyl (C=O) groups excluding carboxylic acids is 1. The minimum absolute atomic E-state index is 0.0675. The van der Waals surface area contributed by atoms with E-state index >= 15 is 0 Å². The molecule has 1 saturated heterocycles. The highest BCUT2D eigenvalue weighted by Crippen LogP contribution is 2.37. The number of thiophene rings is 1. The molecular weight excluding hydrogens is 378 g/mol. The summed E-state index contributed by atoms with van der Waals surface area (Å²) in [5, 5.41) is 1.29. The molecule has 5 nitrogen and oxygen atoms in total. The van der Waals surface area contributed by atoms with Crippen molar-refractivity contribution in [2.45, 2.75) is 69.8 Å². The van der Waals surface area contributed by atoms with E-state index in [9.17, 15) is 9.59 Å². The Morgan fingerprint density at radius 3 is 2.81 bits per heavy atom. The molecule has 4 rings (SSSR count). The third-order valence-corrected chi connectivity index (χ3v) is 7.97. The zero-order valence-corrected chi connectivity index (χ0v) is 17.9. The maximum Gasteiger partial charge on any atom is 0.263 e. The smallest absolute Gasteiger partial charge is 0.263 e. The molecule has 0 saturated carbocycles. The molecule has 3 heterocycles. The van der Waals surface area contributed by atoms with Crippen molar-refractivity contribution in [2.75, 3.05) is 13.1 Å². The molecule has 1 aliphatic carbocycles. The van der Waals surface area contributed by atoms with Gasteiger partial charge in [-0.1, -0.05) is 18.7 Å². The fourth-order valence-corrected chi connectivity index (χ4v) is 6.66. The summed E-state index contributed by atoms with van der Waals surface area (Å²) >= 11 is 3.11. The van der Waals surface area contributed by atoms with Gasteiger partial charge in [-0.3, -0.25) is 14.2 Å². The molecule has 0 aromatic carbocycles. The van der Waals surface area contributed by atoms with Gasteiger partial charge >= 0.3 is 0 Å². The topological polar surface area (TPSA) is 55.2 Å². The van der Waals surface area contributed by atoms with Gasteiger partial charge in [0.15, 0.2) is 5.16 Å². The van der Waals surface area contributed by atoms with Crippen molar-refractivity contribution in [1.82, 2.24) is 14.5 Å². The third kappa shape index (κ3) is 3.44. The predicted molar refractivity (Wildman–Crippen MR) is 112 cm³/mol. The van der Waals surface area contributed by atoms with E-state index in [0.29, 0.717) is 17.6 Å². The number of aryl methyl sites for hydroxylation is 1. The van der Waals surface area contributed by atoms with E-state index in [1.807, 2.05) is 18.7 Å². The second kappa shape index (κ2) is 7.59. The first kappa shape index (κ1) is 19.0. The van der Waals surface area contributed by atoms with Gasteiger partial charge in [0, 0.05) is 24.5 Å². The van der Waals surface area contributed by atoms with Gasteiger partial charge in [-0.25, -0.2) is 4.98 Å². The van der Waals surface area contributed by atoms with Crippen LogP contribution in [0.25, 0.3) is 10.2 Å². The first-order chi connectivity index (χ1) is 13.0. The number of amides is 1. The highest BCUT2D eigenvalue weighted by atomic mass is 32.2. The summed E-state index contributed by atoms with van der Waals surface area (Å²) in [7, 11) is 0. The zero-order valence-electron chi connectivity index (χ0n) is 16.3. The van der Waals surface area contributed by atoms with E-state index in [-0.39, 0.29) is 16.7 Å². The normalized spacial score (nSPS) is 20.9. The fourth-order valence-electron chi connectivity index (χ4n) is 4.18. The summed E-state index contributed by atoms with van der Waals surface area (Å²) in [5.41, 5.74) is 1.29. The molecule has 1 amide bonds. The first-order valence-corrected chi connectivity index (χ1v) is 11.7. The Kier molecular flexibility index (Phi) is 5.34. The third-order valence-electron chi connectivity index (χ3n) is 5.74. The van der Waals surface area contributed by atoms with Crippen LogP contribution in [-0.4, -0.2) is 38.7 Å². The van der Waals surface area contributed by atoms with Crippen LogP contribution in [0.4, 0.5) is 0 Å². The number of aromatic nitrogens is 2. The number of likely N-dealkylation sites (tertiary alicyclic amines) is 1. The molecule has 2 aromatic heterocycles. The van der Waals surface area contributed by atoms with E-state index in [1.165, 1.54) is 22.2 Å². The largest absolute Gasteiger partial charge is 0.342 e. The number of hydrogen-bond donors (Lipinski definition) is 0. The van der Waals surface area contributed by atoms with Gasteiger partial charge in [-0.2, -0.15) is 0 Å². The van der Waals surface area contributed by atoms with Crippen molar-refractivity contribution in [2.24, 2.45) is 5.92 Å². The molecule has 0 unspecified atom stereocenters. The van der Waals surface area contributed by atoms with Crippen molar-refractivity contribution < 1.29 is 4.79 Å². The van der Waals surface area contributed by atoms with Gasteiger partial charge in [-0.15, -0.1) is 11.3 Å². The van der Waals surface area contributed by atoms with Crippen LogP contribution < -0.4 is 5.56 Å². The molecule has 0 N–H and O–H groups in total. The summed E-state index contributed by atoms with van der Waals surface area (Å²) in [6, 6.07) is 0. The Morgan fingerprint density at radius 2 is 2.11 bits per heavy atom. The minimum atomic E-state index is -0.222. The molecule has 0 bridgehead atoms. The van der Waals surface area contributed by atoms with Gasteiger partial charge in [-0.05, 0) is 57.4 Å². The van der Waals surface area contributed by atoms with E-state index < -0.39 is 0 Å². The molecule has 1 aliphatic heterocycles. The van der Waals surface area contributed by atoms with Crippen LogP contribution in [0.5, 0.6) is 0 Å². The lowest BCUT2D eigenvalue weighted by molar-refractivity contribution is -0.129. The molecule has 27 heavy (non-hydrogen) atoms. The van der Waals surface area contributed by atoms with E-state index in [0.717, 1.165) is 55.4 Å². The van der Waals surface area contributed by atoms with Crippen LogP contribution >= 0.6 is 23.1 Å². The lowest BCUT2D eigenvalue weighted by Gasteiger charge is -2.20. The lowest BCUT2D eigenvalue weighted by atomic mass is 9.89. The fraction of sp³-hybridized carbons (Fsp3) is 0.650. The van der Waals surface area contributed by atoms with Crippen LogP contribution in [0.15, 0.2) is 9.95 Å². The summed E-state index contributed by atoms with van der Waals surface area (Å²) in [6.07, 6.45) is 5.35. The molecule has 1 fully saturated rings. The molecule has 0 spiro atoms. The first-order valence-electron chi connectivity index (χ1n) is 10.00. The Hall–Kier alpha value is -1.34. The van der Waals surface area contributed by atoms with Gasteiger partial charge < -0.3 is 4.90 Å². The SMILES string of the molecule is CCn1c(S[C@@H](C)C(=O)N2CCCC2)nc2sc3c(c2c1=O)CC[C@H](C)C3. The zero-order chi connectivity index (χ0) is 19.1. The van der Waals surface area contributed by atoms with Crippen molar-refractivity contribution >= 4 is 39.2 Å². The van der Waals surface area contributed by atoms with Crippen LogP contribution in [0.2, 0.25) is 0 Å². The van der Waals surface area contributed by atoms with E-state index in [4.69, 9.17) is 4.98 Å². The maximum atomic E-state index is 13.2. The van der Waals surface area contributed by atoms with Gasteiger partial charge in [0.05, 0.1) is 10.6 Å². The van der Waals surface area contributed by atoms with Gasteiger partial charge in [0.1, 0.15) is 4.83 Å². The average Bonchev–Trinajstić information content (AvgIpc) is 3.28. The molecule has 2 atom stereocenters. The highest BCUT2D eigenvalue weighted by Gasteiger charge is 2.28. The second-order valence-electron chi connectivity index (χ2n) is 7.77. The lowest BCUT2D eigenvalue weighted by Crippen LogP contribution is -2.34. The van der Waals surface area contributed by atoms with Crippen LogP contribution in [-0.2, 0) is 24.2 Å². The molecule has 0 radical (unpaired) electrons. The van der Waals surface area contributed by atoms with Gasteiger partial charge in [0.2, 0.25) is 5.91 Å². The Balaban J connectivity index is 1.70. The number of rotatable bonds is 4. The van der Waals surface area contributed by atoms with Crippen molar-refractivity contribution in [3.05, 3.63) is 20.8 Å². The average molecular weight is 406 g/mol. The molecular formula is C20H27N3O2S2. The highest BCUT2D eigenvalue weighted by molar-refractivity contribution is 8.00. The summed E-state index contributed by atoms with van der Waals surface area (Å²) in [4.78, 5) is 34.9. The predicted octanol–water partition coefficient (Wildman–Crippen LogP) is 3.71. The Morgan fingerprint density at radius 1 is 1.37 bits per heavy atom. The summed E-state index contributed by atoms with van der Waals surface area (Å²) in [5.74, 6) is 0.833. The van der Waals surface area contributed by atoms with Crippen LogP contribution in [0.3, 0.4) is 0 Å². The van der Waals surface area contributed by atoms with Gasteiger partial charge in [0.25, 0.3) is 5.56 Å². The molecule has 146 valence electrons. The van der Waals surface area contributed by atoms with Crippen molar-refractivity contribution in [3.8, 4) is 0 Å². The maximum absolute atomic E-state index is 13.2. The Bertz CT molecular complexity index is 927. The van der Waals surface area contributed by atoms with Crippen LogP contribution in [0.1, 0.15) is 50.5 Å². The quantitative estimate of drug-likeness (QED) is 0.575. The van der Waals surface area contributed by atoms with Crippen LogP contribution in [0, 0.1) is 5.92 Å². The number of carbonyl (C=O) groups is 1.